The van der Waals surface area contributed by atoms with Gasteiger partial charge in [-0.1, -0.05) is 37.3 Å². The van der Waals surface area contributed by atoms with E-state index < -0.39 is 0 Å². The first kappa shape index (κ1) is 13.6. The number of carbonyl (C=O) groups is 1. The van der Waals surface area contributed by atoms with Crippen LogP contribution in [0.1, 0.15) is 24.0 Å². The molecule has 0 radical (unpaired) electrons. The predicted octanol–water partition coefficient (Wildman–Crippen LogP) is 2.74. The fourth-order valence-electron chi connectivity index (χ4n) is 3.02. The lowest BCUT2D eigenvalue weighted by Crippen LogP contribution is -2.46. The molecule has 1 aliphatic heterocycles. The monoisotopic (exact) mass is 289 g/mol. The Kier molecular flexibility index (Phi) is 3.74. The van der Waals surface area contributed by atoms with Gasteiger partial charge in [0.25, 0.3) is 0 Å². The SMILES string of the molecule is COC(=O)C1CSCCN1C1=C[C@H](C)c2ccccc21. The summed E-state index contributed by atoms with van der Waals surface area (Å²) in [7, 11) is 1.47. The maximum Gasteiger partial charge on any atom is 0.329 e. The van der Waals surface area contributed by atoms with Crippen LogP contribution in [0.3, 0.4) is 0 Å². The van der Waals surface area contributed by atoms with E-state index in [1.807, 2.05) is 11.8 Å². The van der Waals surface area contributed by atoms with E-state index >= 15 is 0 Å². The maximum absolute atomic E-state index is 12.0. The number of benzene rings is 1. The number of ether oxygens (including phenoxy) is 1. The van der Waals surface area contributed by atoms with Crippen LogP contribution in [0.5, 0.6) is 0 Å². The number of nitrogens with zero attached hydrogens (tertiary/aromatic N) is 1. The molecule has 0 N–H and O–H groups in total. The summed E-state index contributed by atoms with van der Waals surface area (Å²) in [5.41, 5.74) is 3.81. The Balaban J connectivity index is 1.95. The van der Waals surface area contributed by atoms with Crippen molar-refractivity contribution in [3.05, 3.63) is 41.5 Å². The molecule has 0 aromatic heterocycles. The van der Waals surface area contributed by atoms with Gasteiger partial charge in [0.05, 0.1) is 7.11 Å². The number of esters is 1. The molecule has 1 aliphatic carbocycles. The van der Waals surface area contributed by atoms with Gasteiger partial charge in [-0.3, -0.25) is 0 Å². The van der Waals surface area contributed by atoms with Gasteiger partial charge in [-0.2, -0.15) is 11.8 Å². The first-order chi connectivity index (χ1) is 9.72. The maximum atomic E-state index is 12.0. The van der Waals surface area contributed by atoms with Crippen molar-refractivity contribution in [3.63, 3.8) is 0 Å². The van der Waals surface area contributed by atoms with Gasteiger partial charge in [-0.15, -0.1) is 0 Å². The van der Waals surface area contributed by atoms with Crippen molar-refractivity contribution in [1.82, 2.24) is 4.90 Å². The highest BCUT2D eigenvalue weighted by molar-refractivity contribution is 7.99. The highest BCUT2D eigenvalue weighted by atomic mass is 32.2. The Hall–Kier alpha value is -1.42. The number of fused-ring (bicyclic) bond motifs is 1. The number of methoxy groups -OCH3 is 1. The minimum Gasteiger partial charge on any atom is -0.467 e. The molecular formula is C16H19NO2S. The Morgan fingerprint density at radius 2 is 2.20 bits per heavy atom. The normalized spacial score (nSPS) is 25.1. The molecule has 0 bridgehead atoms. The van der Waals surface area contributed by atoms with Crippen LogP contribution in [-0.2, 0) is 9.53 Å². The van der Waals surface area contributed by atoms with Crippen molar-refractivity contribution in [2.75, 3.05) is 25.2 Å². The zero-order valence-corrected chi connectivity index (χ0v) is 12.7. The van der Waals surface area contributed by atoms with Crippen molar-refractivity contribution in [3.8, 4) is 0 Å². The van der Waals surface area contributed by atoms with E-state index in [9.17, 15) is 4.79 Å². The van der Waals surface area contributed by atoms with Crippen LogP contribution >= 0.6 is 11.8 Å². The quantitative estimate of drug-likeness (QED) is 0.783. The molecule has 0 spiro atoms. The van der Waals surface area contributed by atoms with Gasteiger partial charge < -0.3 is 9.64 Å². The molecule has 1 aromatic rings. The van der Waals surface area contributed by atoms with E-state index in [-0.39, 0.29) is 12.0 Å². The molecule has 4 heteroatoms. The third-order valence-corrected chi connectivity index (χ3v) is 5.07. The Labute approximate surface area is 124 Å². The predicted molar refractivity (Wildman–Crippen MR) is 82.7 cm³/mol. The van der Waals surface area contributed by atoms with Gasteiger partial charge in [0, 0.05) is 35.2 Å². The van der Waals surface area contributed by atoms with Crippen molar-refractivity contribution in [2.45, 2.75) is 18.9 Å². The third kappa shape index (κ3) is 2.22. The van der Waals surface area contributed by atoms with Crippen molar-refractivity contribution < 1.29 is 9.53 Å². The molecule has 20 heavy (non-hydrogen) atoms. The number of hydrogen-bond acceptors (Lipinski definition) is 4. The summed E-state index contributed by atoms with van der Waals surface area (Å²) in [5, 5.41) is 0. The summed E-state index contributed by atoms with van der Waals surface area (Å²) in [6.07, 6.45) is 2.27. The average molecular weight is 289 g/mol. The zero-order chi connectivity index (χ0) is 14.1. The highest BCUT2D eigenvalue weighted by Gasteiger charge is 2.34. The summed E-state index contributed by atoms with van der Waals surface area (Å²) in [6.45, 7) is 3.11. The highest BCUT2D eigenvalue weighted by Crippen LogP contribution is 2.39. The minimum atomic E-state index is -0.164. The van der Waals surface area contributed by atoms with Crippen LogP contribution in [0.2, 0.25) is 0 Å². The summed E-state index contributed by atoms with van der Waals surface area (Å²) in [5.74, 6) is 2.14. The second-order valence-corrected chi connectivity index (χ2v) is 6.38. The fourth-order valence-corrected chi connectivity index (χ4v) is 4.05. The molecule has 0 saturated carbocycles. The lowest BCUT2D eigenvalue weighted by Gasteiger charge is -2.36. The molecule has 1 aromatic carbocycles. The first-order valence-electron chi connectivity index (χ1n) is 6.95. The number of rotatable bonds is 2. The Bertz CT molecular complexity index is 555. The van der Waals surface area contributed by atoms with Crippen molar-refractivity contribution in [2.24, 2.45) is 0 Å². The Morgan fingerprint density at radius 1 is 1.40 bits per heavy atom. The fraction of sp³-hybridized carbons (Fsp3) is 0.438. The van der Waals surface area contributed by atoms with Crippen LogP contribution in [-0.4, -0.2) is 42.1 Å². The number of allylic oxidation sites excluding steroid dienone is 1. The molecule has 2 atom stereocenters. The number of hydrogen-bond donors (Lipinski definition) is 0. The summed E-state index contributed by atoms with van der Waals surface area (Å²) < 4.78 is 4.97. The van der Waals surface area contributed by atoms with E-state index in [4.69, 9.17) is 4.74 Å². The molecule has 3 nitrogen and oxygen atoms in total. The molecule has 1 fully saturated rings. The van der Waals surface area contributed by atoms with E-state index in [1.165, 1.54) is 23.9 Å². The van der Waals surface area contributed by atoms with E-state index in [0.717, 1.165) is 18.1 Å². The summed E-state index contributed by atoms with van der Waals surface area (Å²) >= 11 is 1.82. The number of carbonyl (C=O) groups excluding carboxylic acids is 1. The van der Waals surface area contributed by atoms with Crippen LogP contribution in [0.4, 0.5) is 0 Å². The van der Waals surface area contributed by atoms with Crippen molar-refractivity contribution in [1.29, 1.82) is 0 Å². The zero-order valence-electron chi connectivity index (χ0n) is 11.8. The lowest BCUT2D eigenvalue weighted by molar-refractivity contribution is -0.144. The largest absolute Gasteiger partial charge is 0.467 e. The van der Waals surface area contributed by atoms with Crippen LogP contribution in [0.15, 0.2) is 30.3 Å². The van der Waals surface area contributed by atoms with E-state index in [2.05, 4.69) is 42.2 Å². The molecule has 1 heterocycles. The second-order valence-electron chi connectivity index (χ2n) is 5.24. The molecule has 106 valence electrons. The topological polar surface area (TPSA) is 29.5 Å². The van der Waals surface area contributed by atoms with Gasteiger partial charge in [-0.05, 0) is 5.56 Å². The van der Waals surface area contributed by atoms with Crippen LogP contribution < -0.4 is 0 Å². The van der Waals surface area contributed by atoms with Crippen LogP contribution in [0.25, 0.3) is 5.70 Å². The average Bonchev–Trinajstić information content (AvgIpc) is 2.84. The van der Waals surface area contributed by atoms with Crippen LogP contribution in [0, 0.1) is 0 Å². The summed E-state index contributed by atoms with van der Waals surface area (Å²) in [6, 6.07) is 8.31. The van der Waals surface area contributed by atoms with E-state index in [1.54, 1.807) is 0 Å². The third-order valence-electron chi connectivity index (χ3n) is 4.05. The van der Waals surface area contributed by atoms with Gasteiger partial charge in [-0.25, -0.2) is 4.79 Å². The molecule has 3 rings (SSSR count). The van der Waals surface area contributed by atoms with Gasteiger partial charge in [0.2, 0.25) is 0 Å². The molecule has 2 aliphatic rings. The van der Waals surface area contributed by atoms with Gasteiger partial charge in [0.15, 0.2) is 0 Å². The lowest BCUT2D eigenvalue weighted by atomic mass is 10.0. The first-order valence-corrected chi connectivity index (χ1v) is 8.11. The second kappa shape index (κ2) is 5.52. The number of thioether (sulfide) groups is 1. The smallest absolute Gasteiger partial charge is 0.329 e. The molecule has 1 unspecified atom stereocenters. The standard InChI is InChI=1S/C16H19NO2S/c1-11-9-14(13-6-4-3-5-12(11)13)17-7-8-20-10-15(17)16(18)19-2/h3-6,9,11,15H,7-8,10H2,1-2H3/t11-,15?/m0/s1. The Morgan fingerprint density at radius 3 is 3.00 bits per heavy atom. The molecule has 1 saturated heterocycles. The van der Waals surface area contributed by atoms with E-state index in [0.29, 0.717) is 5.92 Å². The molecule has 0 amide bonds. The summed E-state index contributed by atoms with van der Waals surface area (Å²) in [4.78, 5) is 14.2. The van der Waals surface area contributed by atoms with Gasteiger partial charge in [0.1, 0.15) is 6.04 Å². The van der Waals surface area contributed by atoms with Gasteiger partial charge >= 0.3 is 5.97 Å². The molecular weight excluding hydrogens is 270 g/mol. The van der Waals surface area contributed by atoms with Crippen molar-refractivity contribution >= 4 is 23.4 Å². The minimum absolute atomic E-state index is 0.130.